The lowest BCUT2D eigenvalue weighted by Gasteiger charge is -2.23. The van der Waals surface area contributed by atoms with Crippen molar-refractivity contribution in [1.29, 1.82) is 0 Å². The molecule has 35 heavy (non-hydrogen) atoms. The molecule has 0 saturated carbocycles. The molecular formula is C14H29BO16P4. The number of hydrogen-bond acceptors (Lipinski definition) is 12. The fourth-order valence-electron chi connectivity index (χ4n) is 3.16. The first-order valence-electron chi connectivity index (χ1n) is 10.4. The van der Waals surface area contributed by atoms with Crippen LogP contribution in [-0.4, -0.2) is 88.4 Å². The Balaban J connectivity index is 1.91. The topological polar surface area (TPSA) is 234 Å². The smallest absolute Gasteiger partial charge is 0.390 e. The summed E-state index contributed by atoms with van der Waals surface area (Å²) >= 11 is 0. The fraction of sp³-hybridized carbons (Fsp3) is 1.00. The molecule has 2 saturated heterocycles. The minimum Gasteiger partial charge on any atom is -0.390 e. The third kappa shape index (κ3) is 10.7. The number of phosphoric ester groups is 2. The molecule has 21 heteroatoms. The zero-order chi connectivity index (χ0) is 26.7. The van der Waals surface area contributed by atoms with E-state index in [4.69, 9.17) is 26.4 Å². The van der Waals surface area contributed by atoms with Crippen LogP contribution in [0.25, 0.3) is 0 Å². The summed E-state index contributed by atoms with van der Waals surface area (Å²) in [6, 6.07) is -1.03. The highest BCUT2D eigenvalue weighted by molar-refractivity contribution is 7.68. The zero-order valence-electron chi connectivity index (χ0n) is 18.8. The Morgan fingerprint density at radius 2 is 1.46 bits per heavy atom. The highest BCUT2D eigenvalue weighted by Gasteiger charge is 2.44. The predicted molar refractivity (Wildman–Crippen MR) is 117 cm³/mol. The van der Waals surface area contributed by atoms with E-state index in [0.29, 0.717) is 12.8 Å². The van der Waals surface area contributed by atoms with E-state index in [0.717, 1.165) is 6.92 Å². The molecule has 204 valence electrons. The van der Waals surface area contributed by atoms with Crippen LogP contribution in [0.5, 0.6) is 0 Å². The van der Waals surface area contributed by atoms with Gasteiger partial charge in [-0.3, -0.25) is 18.1 Å². The third-order valence-corrected chi connectivity index (χ3v) is 10.7. The fourth-order valence-corrected chi connectivity index (χ4v) is 7.82. The molecule has 10 atom stereocenters. The summed E-state index contributed by atoms with van der Waals surface area (Å²) in [4.78, 5) is 38.4. The van der Waals surface area contributed by atoms with Crippen LogP contribution < -0.4 is 0 Å². The second-order valence-electron chi connectivity index (χ2n) is 7.71. The van der Waals surface area contributed by atoms with Crippen molar-refractivity contribution in [3.63, 3.8) is 0 Å². The molecule has 4 unspecified atom stereocenters. The van der Waals surface area contributed by atoms with E-state index in [1.165, 1.54) is 0 Å². The first kappa shape index (κ1) is 31.7. The second-order valence-corrected chi connectivity index (χ2v) is 14.5. The monoisotopic (exact) mass is 588 g/mol. The molecule has 2 fully saturated rings. The Labute approximate surface area is 203 Å². The SMILES string of the molecule is [B][C@H]1C[C@H](OP(=O)(O)OC[C@H]2O[C@@H](CC)C[C@@H]2O)[C@@H](COP(=O)(O)OP(=O)(O)OP(=O)(O)CC)O1. The summed E-state index contributed by atoms with van der Waals surface area (Å²) in [7, 11) is -14.5. The standard InChI is InChI=1S/C14H29BO16P4/c1-3-9-5-10(16)12(27-9)7-25-33(19,20)29-11-6-14(15)28-13(11)8-26-34(21,22)31-35(23,24)30-32(17,18)4-2/h9-14,16H,3-8H2,1-2H3,(H,17,18)(H,19,20)(H,21,22)(H,23,24)/t9-,10-,11-,12+,13+,14+/m0/s1. The number of phosphoric acid groups is 3. The minimum absolute atomic E-state index is 0.162. The van der Waals surface area contributed by atoms with Gasteiger partial charge in [0.05, 0.1) is 31.5 Å². The largest absolute Gasteiger partial charge is 0.488 e. The summed E-state index contributed by atoms with van der Waals surface area (Å²) in [6.45, 7) is 1.68. The molecule has 0 spiro atoms. The molecule has 2 radical (unpaired) electrons. The average molecular weight is 588 g/mol. The molecule has 5 N–H and O–H groups in total. The molecule has 0 aromatic carbocycles. The van der Waals surface area contributed by atoms with Crippen LogP contribution >= 0.6 is 31.1 Å². The molecule has 2 heterocycles. The molecule has 0 aromatic rings. The van der Waals surface area contributed by atoms with Gasteiger partial charge in [0.25, 0.3) is 0 Å². The van der Waals surface area contributed by atoms with E-state index in [2.05, 4.69) is 13.1 Å². The van der Waals surface area contributed by atoms with E-state index >= 15 is 0 Å². The van der Waals surface area contributed by atoms with Crippen LogP contribution in [0, 0.1) is 0 Å². The van der Waals surface area contributed by atoms with E-state index in [-0.39, 0.29) is 12.5 Å². The van der Waals surface area contributed by atoms with Gasteiger partial charge in [-0.2, -0.15) is 4.31 Å². The Bertz CT molecular complexity index is 903. The van der Waals surface area contributed by atoms with E-state index < -0.39 is 80.9 Å². The molecule has 0 aliphatic carbocycles. The zero-order valence-corrected chi connectivity index (χ0v) is 22.4. The van der Waals surface area contributed by atoms with Gasteiger partial charge in [0, 0.05) is 18.6 Å². The van der Waals surface area contributed by atoms with E-state index in [9.17, 15) is 42.9 Å². The van der Waals surface area contributed by atoms with Crippen molar-refractivity contribution in [2.24, 2.45) is 0 Å². The summed E-state index contributed by atoms with van der Waals surface area (Å²) in [5.74, 6) is 0. The van der Waals surface area contributed by atoms with Gasteiger partial charge in [0.2, 0.25) is 0 Å². The van der Waals surface area contributed by atoms with Gasteiger partial charge in [-0.15, -0.1) is 0 Å². The Hall–Kier alpha value is 0.505. The van der Waals surface area contributed by atoms with Gasteiger partial charge in [-0.1, -0.05) is 13.8 Å². The van der Waals surface area contributed by atoms with Crippen LogP contribution in [-0.2, 0) is 49.9 Å². The summed E-state index contributed by atoms with van der Waals surface area (Å²) in [5, 5.41) is 9.94. The van der Waals surface area contributed by atoms with Crippen LogP contribution in [0.2, 0.25) is 0 Å². The maximum Gasteiger partial charge on any atom is 0.488 e. The maximum atomic E-state index is 12.4. The maximum absolute atomic E-state index is 12.4. The molecule has 0 bridgehead atoms. The van der Waals surface area contributed by atoms with Crippen LogP contribution in [0.3, 0.4) is 0 Å². The average Bonchev–Trinajstić information content (AvgIpc) is 3.24. The van der Waals surface area contributed by atoms with E-state index in [1.807, 2.05) is 6.92 Å². The molecule has 0 amide bonds. The normalized spacial score (nSPS) is 36.2. The highest BCUT2D eigenvalue weighted by Crippen LogP contribution is 2.67. The Morgan fingerprint density at radius 3 is 2.03 bits per heavy atom. The van der Waals surface area contributed by atoms with Crippen molar-refractivity contribution in [3.8, 4) is 0 Å². The van der Waals surface area contributed by atoms with Gasteiger partial charge in [0.1, 0.15) is 20.1 Å². The number of aliphatic hydroxyl groups is 1. The number of aliphatic hydroxyl groups excluding tert-OH is 1. The minimum atomic E-state index is -5.49. The summed E-state index contributed by atoms with van der Waals surface area (Å²) in [5.41, 5.74) is 0. The molecule has 2 aliphatic heterocycles. The van der Waals surface area contributed by atoms with Crippen molar-refractivity contribution in [2.45, 2.75) is 69.6 Å². The first-order chi connectivity index (χ1) is 16.0. The lowest BCUT2D eigenvalue weighted by molar-refractivity contribution is -0.0342. The van der Waals surface area contributed by atoms with Gasteiger partial charge in [-0.25, -0.2) is 18.0 Å². The molecule has 2 rings (SSSR count). The van der Waals surface area contributed by atoms with Crippen molar-refractivity contribution in [1.82, 2.24) is 0 Å². The van der Waals surface area contributed by atoms with Crippen molar-refractivity contribution in [3.05, 3.63) is 0 Å². The second kappa shape index (κ2) is 12.6. The van der Waals surface area contributed by atoms with Crippen LogP contribution in [0.15, 0.2) is 0 Å². The molecule has 0 aromatic heterocycles. The molecule has 2 aliphatic rings. The predicted octanol–water partition coefficient (Wildman–Crippen LogP) is 1.16. The lowest BCUT2D eigenvalue weighted by Crippen LogP contribution is -2.30. The third-order valence-electron chi connectivity index (χ3n) is 4.89. The number of hydrogen-bond donors (Lipinski definition) is 5. The Morgan fingerprint density at radius 1 is 0.857 bits per heavy atom. The van der Waals surface area contributed by atoms with Crippen LogP contribution in [0.4, 0.5) is 0 Å². The van der Waals surface area contributed by atoms with Gasteiger partial charge < -0.3 is 34.2 Å². The quantitative estimate of drug-likeness (QED) is 0.141. The number of rotatable bonds is 14. The van der Waals surface area contributed by atoms with Gasteiger partial charge >= 0.3 is 31.1 Å². The van der Waals surface area contributed by atoms with Crippen molar-refractivity contribution >= 4 is 38.9 Å². The number of ether oxygens (including phenoxy) is 2. The summed E-state index contributed by atoms with van der Waals surface area (Å²) < 4.78 is 80.6. The molecule has 16 nitrogen and oxygen atoms in total. The lowest BCUT2D eigenvalue weighted by atomic mass is 9.96. The van der Waals surface area contributed by atoms with Crippen molar-refractivity contribution in [2.75, 3.05) is 19.4 Å². The van der Waals surface area contributed by atoms with Gasteiger partial charge in [0.15, 0.2) is 0 Å². The molecular weight excluding hydrogens is 559 g/mol. The van der Waals surface area contributed by atoms with E-state index in [1.54, 1.807) is 0 Å². The van der Waals surface area contributed by atoms with Crippen LogP contribution in [0.1, 0.15) is 33.1 Å². The van der Waals surface area contributed by atoms with Crippen molar-refractivity contribution < 1.29 is 74.6 Å². The Kier molecular flexibility index (Phi) is 11.4. The highest BCUT2D eigenvalue weighted by atomic mass is 31.3. The van der Waals surface area contributed by atoms with Gasteiger partial charge in [-0.05, 0) is 12.8 Å². The summed E-state index contributed by atoms with van der Waals surface area (Å²) in [6.07, 6.45) is -4.34. The first-order valence-corrected chi connectivity index (χ1v) is 16.7.